The summed E-state index contributed by atoms with van der Waals surface area (Å²) in [5.74, 6) is -0.851. The van der Waals surface area contributed by atoms with Crippen LogP contribution in [0.4, 0.5) is 13.2 Å². The number of benzene rings is 1. The first-order chi connectivity index (χ1) is 8.26. The Hall–Kier alpha value is -1.79. The highest BCUT2D eigenvalue weighted by atomic mass is 32.2. The molecule has 1 rings (SSSR count). The number of para-hydroxylation sites is 1. The van der Waals surface area contributed by atoms with E-state index in [9.17, 15) is 21.6 Å². The maximum atomic E-state index is 12.1. The average Bonchev–Trinajstić information content (AvgIpc) is 2.25. The normalized spacial score (nSPS) is 11.9. The van der Waals surface area contributed by atoms with E-state index in [0.717, 1.165) is 12.1 Å². The van der Waals surface area contributed by atoms with Gasteiger partial charge in [0.2, 0.25) is 10.0 Å². The Morgan fingerprint density at radius 1 is 1.33 bits per heavy atom. The third kappa shape index (κ3) is 3.90. The molecule has 18 heavy (non-hydrogen) atoms. The maximum absolute atomic E-state index is 12.1. The summed E-state index contributed by atoms with van der Waals surface area (Å²) in [5.41, 5.74) is 0. The summed E-state index contributed by atoms with van der Waals surface area (Å²) in [7, 11) is -4.22. The van der Waals surface area contributed by atoms with Crippen molar-refractivity contribution in [2.75, 3.05) is 6.54 Å². The van der Waals surface area contributed by atoms with E-state index in [-0.39, 0.29) is 0 Å². The van der Waals surface area contributed by atoms with Crippen molar-refractivity contribution in [2.45, 2.75) is 11.3 Å². The van der Waals surface area contributed by atoms with Gasteiger partial charge in [0.25, 0.3) is 0 Å². The van der Waals surface area contributed by atoms with E-state index in [0.29, 0.717) is 0 Å². The van der Waals surface area contributed by atoms with Crippen LogP contribution in [0.5, 0.6) is 5.75 Å². The number of alkyl halides is 3. The number of sulfonamides is 1. The minimum Gasteiger partial charge on any atom is -0.404 e. The van der Waals surface area contributed by atoms with Crippen molar-refractivity contribution in [3.05, 3.63) is 24.3 Å². The molecule has 0 heterocycles. The Morgan fingerprint density at radius 2 is 1.94 bits per heavy atom. The summed E-state index contributed by atoms with van der Waals surface area (Å²) >= 11 is 0. The highest BCUT2D eigenvalue weighted by Gasteiger charge is 2.33. The summed E-state index contributed by atoms with van der Waals surface area (Å²) in [5, 5.41) is 8.24. The number of nitrogens with one attached hydrogen (secondary N) is 1. The fourth-order valence-corrected chi connectivity index (χ4v) is 2.13. The predicted octanol–water partition coefficient (Wildman–Crippen LogP) is 1.39. The standard InChI is InChI=1S/C9H7F3N2O3S/c10-9(11,12)17-7-3-1-2-4-8(7)18(15,16)14-6-5-13/h1-4,14H,6H2. The molecule has 0 aromatic heterocycles. The molecule has 0 saturated carbocycles. The molecule has 0 aliphatic rings. The van der Waals surface area contributed by atoms with Crippen LogP contribution in [0.3, 0.4) is 0 Å². The van der Waals surface area contributed by atoms with E-state index in [2.05, 4.69) is 4.74 Å². The second kappa shape index (κ2) is 5.24. The summed E-state index contributed by atoms with van der Waals surface area (Å²) in [4.78, 5) is -0.683. The van der Waals surface area contributed by atoms with Gasteiger partial charge >= 0.3 is 6.36 Å². The van der Waals surface area contributed by atoms with Gasteiger partial charge < -0.3 is 4.74 Å². The van der Waals surface area contributed by atoms with E-state index >= 15 is 0 Å². The molecule has 0 saturated heterocycles. The molecule has 1 aromatic carbocycles. The Kier molecular flexibility index (Phi) is 4.15. The smallest absolute Gasteiger partial charge is 0.404 e. The molecule has 0 radical (unpaired) electrons. The molecule has 0 fully saturated rings. The number of hydrogen-bond donors (Lipinski definition) is 1. The van der Waals surface area contributed by atoms with Crippen LogP contribution in [-0.4, -0.2) is 21.3 Å². The van der Waals surface area contributed by atoms with Gasteiger partial charge in [-0.3, -0.25) is 0 Å². The number of nitriles is 1. The monoisotopic (exact) mass is 280 g/mol. The molecular formula is C9H7F3N2O3S. The van der Waals surface area contributed by atoms with Crippen molar-refractivity contribution < 1.29 is 26.3 Å². The molecule has 98 valence electrons. The molecule has 1 aromatic rings. The second-order valence-electron chi connectivity index (χ2n) is 2.98. The maximum Gasteiger partial charge on any atom is 0.573 e. The first kappa shape index (κ1) is 14.3. The van der Waals surface area contributed by atoms with Crippen molar-refractivity contribution >= 4 is 10.0 Å². The van der Waals surface area contributed by atoms with Crippen LogP contribution >= 0.6 is 0 Å². The van der Waals surface area contributed by atoms with Crippen LogP contribution in [0.25, 0.3) is 0 Å². The summed E-state index contributed by atoms with van der Waals surface area (Å²) in [6.45, 7) is -0.553. The lowest BCUT2D eigenvalue weighted by atomic mass is 10.3. The second-order valence-corrected chi connectivity index (χ2v) is 4.71. The zero-order valence-corrected chi connectivity index (χ0v) is 9.55. The molecule has 0 aliphatic carbocycles. The summed E-state index contributed by atoms with van der Waals surface area (Å²) in [6.07, 6.45) is -5.00. The molecule has 0 bridgehead atoms. The number of ether oxygens (including phenoxy) is 1. The van der Waals surface area contributed by atoms with Crippen molar-refractivity contribution in [2.24, 2.45) is 0 Å². The highest BCUT2D eigenvalue weighted by Crippen LogP contribution is 2.28. The minimum absolute atomic E-state index is 0.553. The van der Waals surface area contributed by atoms with Gasteiger partial charge in [-0.15, -0.1) is 13.2 Å². The SMILES string of the molecule is N#CCNS(=O)(=O)c1ccccc1OC(F)(F)F. The molecule has 0 unspecified atom stereocenters. The van der Waals surface area contributed by atoms with Crippen LogP contribution in [-0.2, 0) is 10.0 Å². The molecule has 9 heteroatoms. The molecule has 0 aliphatic heterocycles. The Balaban J connectivity index is 3.14. The molecular weight excluding hydrogens is 273 g/mol. The molecule has 0 spiro atoms. The molecule has 0 atom stereocenters. The van der Waals surface area contributed by atoms with E-state index in [1.165, 1.54) is 18.2 Å². The van der Waals surface area contributed by atoms with Crippen molar-refractivity contribution in [3.63, 3.8) is 0 Å². The quantitative estimate of drug-likeness (QED) is 0.845. The van der Waals surface area contributed by atoms with Gasteiger partial charge in [0.1, 0.15) is 10.6 Å². The minimum atomic E-state index is -5.00. The largest absolute Gasteiger partial charge is 0.573 e. The van der Waals surface area contributed by atoms with Crippen LogP contribution < -0.4 is 9.46 Å². The zero-order valence-electron chi connectivity index (χ0n) is 8.73. The van der Waals surface area contributed by atoms with Gasteiger partial charge in [-0.25, -0.2) is 8.42 Å². The van der Waals surface area contributed by atoms with Crippen LogP contribution in [0, 0.1) is 11.3 Å². The third-order valence-corrected chi connectivity index (χ3v) is 3.15. The van der Waals surface area contributed by atoms with Gasteiger partial charge in [-0.1, -0.05) is 12.1 Å². The summed E-state index contributed by atoms with van der Waals surface area (Å²) in [6, 6.07) is 5.76. The van der Waals surface area contributed by atoms with E-state index in [4.69, 9.17) is 5.26 Å². The Labute approximate surface area is 101 Å². The van der Waals surface area contributed by atoms with Crippen LogP contribution in [0.2, 0.25) is 0 Å². The molecule has 5 nitrogen and oxygen atoms in total. The van der Waals surface area contributed by atoms with Crippen molar-refractivity contribution in [3.8, 4) is 11.8 Å². The van der Waals surface area contributed by atoms with E-state index < -0.39 is 33.6 Å². The topological polar surface area (TPSA) is 79.2 Å². The highest BCUT2D eigenvalue weighted by molar-refractivity contribution is 7.89. The molecule has 1 N–H and O–H groups in total. The van der Waals surface area contributed by atoms with Gasteiger partial charge in [0.05, 0.1) is 12.6 Å². The van der Waals surface area contributed by atoms with E-state index in [1.807, 2.05) is 4.72 Å². The van der Waals surface area contributed by atoms with Crippen molar-refractivity contribution in [1.82, 2.24) is 4.72 Å². The fraction of sp³-hybridized carbons (Fsp3) is 0.222. The van der Waals surface area contributed by atoms with Gasteiger partial charge in [0.15, 0.2) is 0 Å². The van der Waals surface area contributed by atoms with Gasteiger partial charge in [-0.05, 0) is 12.1 Å². The number of hydrogen-bond acceptors (Lipinski definition) is 4. The number of rotatable bonds is 4. The van der Waals surface area contributed by atoms with E-state index in [1.54, 1.807) is 0 Å². The Bertz CT molecular complexity index is 563. The first-order valence-electron chi connectivity index (χ1n) is 4.47. The predicted molar refractivity (Wildman–Crippen MR) is 53.9 cm³/mol. The lowest BCUT2D eigenvalue weighted by Crippen LogP contribution is -2.26. The summed E-state index contributed by atoms with van der Waals surface area (Å²) < 4.78 is 64.8. The van der Waals surface area contributed by atoms with Crippen LogP contribution in [0.1, 0.15) is 0 Å². The lowest BCUT2D eigenvalue weighted by molar-refractivity contribution is -0.275. The van der Waals surface area contributed by atoms with Gasteiger partial charge in [-0.2, -0.15) is 9.98 Å². The molecule has 0 amide bonds. The Morgan fingerprint density at radius 3 is 2.50 bits per heavy atom. The van der Waals surface area contributed by atoms with Gasteiger partial charge in [0, 0.05) is 0 Å². The first-order valence-corrected chi connectivity index (χ1v) is 5.96. The lowest BCUT2D eigenvalue weighted by Gasteiger charge is -2.12. The zero-order chi connectivity index (χ0) is 13.8. The average molecular weight is 280 g/mol. The van der Waals surface area contributed by atoms with Crippen molar-refractivity contribution in [1.29, 1.82) is 5.26 Å². The number of halogens is 3. The third-order valence-electron chi connectivity index (χ3n) is 1.71. The number of nitrogens with zero attached hydrogens (tertiary/aromatic N) is 1. The van der Waals surface area contributed by atoms with Crippen LogP contribution in [0.15, 0.2) is 29.2 Å². The fourth-order valence-electron chi connectivity index (χ4n) is 1.09.